The third kappa shape index (κ3) is 5.27. The van der Waals surface area contributed by atoms with Crippen LogP contribution in [-0.2, 0) is 13.0 Å². The SMILES string of the molecule is COc1cc(OC)c(OC)cc1CN=C(N)NCCc1ccccn1. The molecule has 0 aliphatic carbocycles. The zero-order valence-electron chi connectivity index (χ0n) is 14.8. The number of ether oxygens (including phenoxy) is 3. The minimum Gasteiger partial charge on any atom is -0.496 e. The fourth-order valence-corrected chi connectivity index (χ4v) is 2.31. The van der Waals surface area contributed by atoms with Crippen molar-refractivity contribution in [3.63, 3.8) is 0 Å². The van der Waals surface area contributed by atoms with Gasteiger partial charge in [-0.15, -0.1) is 0 Å². The summed E-state index contributed by atoms with van der Waals surface area (Å²) in [5, 5.41) is 3.08. The number of nitrogens with one attached hydrogen (secondary N) is 1. The van der Waals surface area contributed by atoms with Crippen LogP contribution < -0.4 is 25.3 Å². The highest BCUT2D eigenvalue weighted by Crippen LogP contribution is 2.34. The van der Waals surface area contributed by atoms with E-state index in [-0.39, 0.29) is 0 Å². The number of nitrogens with zero attached hydrogens (tertiary/aromatic N) is 2. The van der Waals surface area contributed by atoms with Gasteiger partial charge >= 0.3 is 0 Å². The summed E-state index contributed by atoms with van der Waals surface area (Å²) in [5.41, 5.74) is 7.79. The predicted octanol–water partition coefficient (Wildman–Crippen LogP) is 1.75. The van der Waals surface area contributed by atoms with Gasteiger partial charge in [-0.25, -0.2) is 4.99 Å². The molecule has 0 spiro atoms. The molecule has 1 aromatic heterocycles. The van der Waals surface area contributed by atoms with Gasteiger partial charge in [-0.05, 0) is 18.2 Å². The molecule has 7 nitrogen and oxygen atoms in total. The van der Waals surface area contributed by atoms with E-state index in [9.17, 15) is 0 Å². The molecule has 0 bridgehead atoms. The lowest BCUT2D eigenvalue weighted by atomic mass is 10.1. The van der Waals surface area contributed by atoms with Crippen LogP contribution in [0.15, 0.2) is 41.5 Å². The average Bonchev–Trinajstić information content (AvgIpc) is 2.66. The number of benzene rings is 1. The van der Waals surface area contributed by atoms with Crippen molar-refractivity contribution in [2.24, 2.45) is 10.7 Å². The molecular formula is C18H24N4O3. The summed E-state index contributed by atoms with van der Waals surface area (Å²) in [6.45, 7) is 1.03. The van der Waals surface area contributed by atoms with Crippen molar-refractivity contribution in [1.29, 1.82) is 0 Å². The van der Waals surface area contributed by atoms with Crippen molar-refractivity contribution in [3.05, 3.63) is 47.8 Å². The van der Waals surface area contributed by atoms with E-state index in [2.05, 4.69) is 15.3 Å². The maximum Gasteiger partial charge on any atom is 0.188 e. The number of hydrogen-bond donors (Lipinski definition) is 2. The topological polar surface area (TPSA) is 91.0 Å². The Bertz CT molecular complexity index is 705. The van der Waals surface area contributed by atoms with Gasteiger partial charge in [-0.3, -0.25) is 4.98 Å². The molecular weight excluding hydrogens is 320 g/mol. The third-order valence-corrected chi connectivity index (χ3v) is 3.62. The van der Waals surface area contributed by atoms with E-state index in [4.69, 9.17) is 19.9 Å². The molecule has 3 N–H and O–H groups in total. The number of pyridine rings is 1. The zero-order valence-corrected chi connectivity index (χ0v) is 14.8. The highest BCUT2D eigenvalue weighted by Gasteiger charge is 2.11. The second-order valence-electron chi connectivity index (χ2n) is 5.22. The largest absolute Gasteiger partial charge is 0.496 e. The van der Waals surface area contributed by atoms with Crippen molar-refractivity contribution in [2.45, 2.75) is 13.0 Å². The normalized spacial score (nSPS) is 11.1. The molecule has 0 saturated heterocycles. The molecule has 7 heteroatoms. The maximum absolute atomic E-state index is 5.93. The number of guanidine groups is 1. The van der Waals surface area contributed by atoms with Crippen LogP contribution in [0.4, 0.5) is 0 Å². The molecule has 0 unspecified atom stereocenters. The van der Waals surface area contributed by atoms with E-state index in [1.807, 2.05) is 24.3 Å². The summed E-state index contributed by atoms with van der Waals surface area (Å²) in [7, 11) is 4.77. The summed E-state index contributed by atoms with van der Waals surface area (Å²) < 4.78 is 16.0. The number of aliphatic imine (C=N–C) groups is 1. The van der Waals surface area contributed by atoms with Gasteiger partial charge in [0.15, 0.2) is 17.5 Å². The molecule has 0 amide bonds. The molecule has 0 atom stereocenters. The van der Waals surface area contributed by atoms with E-state index in [0.29, 0.717) is 36.3 Å². The van der Waals surface area contributed by atoms with Crippen LogP contribution in [0, 0.1) is 0 Å². The quantitative estimate of drug-likeness (QED) is 0.560. The van der Waals surface area contributed by atoms with Crippen LogP contribution in [0.5, 0.6) is 17.2 Å². The van der Waals surface area contributed by atoms with E-state index >= 15 is 0 Å². The number of hydrogen-bond acceptors (Lipinski definition) is 5. The highest BCUT2D eigenvalue weighted by atomic mass is 16.5. The minimum absolute atomic E-state index is 0.367. The van der Waals surface area contributed by atoms with Crippen LogP contribution in [-0.4, -0.2) is 38.8 Å². The van der Waals surface area contributed by atoms with Gasteiger partial charge in [0, 0.05) is 36.5 Å². The lowest BCUT2D eigenvalue weighted by molar-refractivity contribution is 0.347. The molecule has 0 radical (unpaired) electrons. The molecule has 0 fully saturated rings. The molecule has 0 saturated carbocycles. The first-order valence-electron chi connectivity index (χ1n) is 7.90. The first kappa shape index (κ1) is 18.4. The number of aromatic nitrogens is 1. The van der Waals surface area contributed by atoms with Gasteiger partial charge in [0.25, 0.3) is 0 Å². The summed E-state index contributed by atoms with van der Waals surface area (Å²) in [6, 6.07) is 9.44. The Hall–Kier alpha value is -2.96. The third-order valence-electron chi connectivity index (χ3n) is 3.62. The molecule has 1 aromatic carbocycles. The summed E-state index contributed by atoms with van der Waals surface area (Å²) in [6.07, 6.45) is 2.55. The Kier molecular flexibility index (Phi) is 6.88. The van der Waals surface area contributed by atoms with Crippen molar-refractivity contribution < 1.29 is 14.2 Å². The van der Waals surface area contributed by atoms with Crippen LogP contribution >= 0.6 is 0 Å². The summed E-state index contributed by atoms with van der Waals surface area (Å²) in [5.74, 6) is 2.26. The lowest BCUT2D eigenvalue weighted by Crippen LogP contribution is -2.33. The fourth-order valence-electron chi connectivity index (χ4n) is 2.31. The van der Waals surface area contributed by atoms with Gasteiger partial charge in [0.1, 0.15) is 5.75 Å². The van der Waals surface area contributed by atoms with Crippen LogP contribution in [0.25, 0.3) is 0 Å². The molecule has 2 aromatic rings. The number of rotatable bonds is 8. The summed E-state index contributed by atoms with van der Waals surface area (Å²) in [4.78, 5) is 8.62. The molecule has 1 heterocycles. The maximum atomic E-state index is 5.93. The van der Waals surface area contributed by atoms with Gasteiger partial charge in [-0.1, -0.05) is 6.07 Å². The van der Waals surface area contributed by atoms with Crippen molar-refractivity contribution in [2.75, 3.05) is 27.9 Å². The molecule has 134 valence electrons. The Morgan fingerprint density at radius 1 is 1.08 bits per heavy atom. The Labute approximate surface area is 147 Å². The highest BCUT2D eigenvalue weighted by molar-refractivity contribution is 5.77. The second kappa shape index (κ2) is 9.36. The smallest absolute Gasteiger partial charge is 0.188 e. The molecule has 2 rings (SSSR count). The van der Waals surface area contributed by atoms with E-state index < -0.39 is 0 Å². The standard InChI is InChI=1S/C18H24N4O3/c1-23-15-11-17(25-3)16(24-2)10-13(15)12-22-18(19)21-9-7-14-6-4-5-8-20-14/h4-6,8,10-11H,7,9,12H2,1-3H3,(H3,19,21,22). The van der Waals surface area contributed by atoms with Gasteiger partial charge < -0.3 is 25.3 Å². The van der Waals surface area contributed by atoms with Gasteiger partial charge in [-0.2, -0.15) is 0 Å². The average molecular weight is 344 g/mol. The predicted molar refractivity (Wildman–Crippen MR) is 97.4 cm³/mol. The monoisotopic (exact) mass is 344 g/mol. The number of nitrogens with two attached hydrogens (primary N) is 1. The second-order valence-corrected chi connectivity index (χ2v) is 5.22. The van der Waals surface area contributed by atoms with E-state index in [1.54, 1.807) is 33.6 Å². The van der Waals surface area contributed by atoms with Crippen LogP contribution in [0.3, 0.4) is 0 Å². The first-order valence-corrected chi connectivity index (χ1v) is 7.90. The minimum atomic E-state index is 0.367. The lowest BCUT2D eigenvalue weighted by Gasteiger charge is -2.13. The molecule has 0 aliphatic rings. The zero-order chi connectivity index (χ0) is 18.1. The van der Waals surface area contributed by atoms with Crippen molar-refractivity contribution >= 4 is 5.96 Å². The van der Waals surface area contributed by atoms with Gasteiger partial charge in [0.2, 0.25) is 0 Å². The number of methoxy groups -OCH3 is 3. The molecule has 0 aliphatic heterocycles. The van der Waals surface area contributed by atoms with Crippen molar-refractivity contribution in [1.82, 2.24) is 10.3 Å². The van der Waals surface area contributed by atoms with Crippen molar-refractivity contribution in [3.8, 4) is 17.2 Å². The van der Waals surface area contributed by atoms with Crippen LogP contribution in [0.2, 0.25) is 0 Å². The van der Waals surface area contributed by atoms with E-state index in [1.165, 1.54) is 0 Å². The Morgan fingerprint density at radius 3 is 2.44 bits per heavy atom. The Balaban J connectivity index is 1.97. The fraction of sp³-hybridized carbons (Fsp3) is 0.333. The Morgan fingerprint density at radius 2 is 1.80 bits per heavy atom. The summed E-state index contributed by atoms with van der Waals surface area (Å²) >= 11 is 0. The molecule has 25 heavy (non-hydrogen) atoms. The van der Waals surface area contributed by atoms with E-state index in [0.717, 1.165) is 17.7 Å². The van der Waals surface area contributed by atoms with Gasteiger partial charge in [0.05, 0.1) is 27.9 Å². The van der Waals surface area contributed by atoms with Crippen LogP contribution in [0.1, 0.15) is 11.3 Å². The first-order chi connectivity index (χ1) is 12.2.